The van der Waals surface area contributed by atoms with Gasteiger partial charge in [-0.15, -0.1) is 0 Å². The monoisotopic (exact) mass is 336 g/mol. The summed E-state index contributed by atoms with van der Waals surface area (Å²) >= 11 is 0. The molecule has 3 heteroatoms. The summed E-state index contributed by atoms with van der Waals surface area (Å²) < 4.78 is 0. The van der Waals surface area contributed by atoms with E-state index in [1.54, 1.807) is 0 Å². The Hall–Kier alpha value is -2.13. The number of nitrogens with one attached hydrogen (secondary N) is 1. The lowest BCUT2D eigenvalue weighted by Gasteiger charge is -2.31. The zero-order valence-corrected chi connectivity index (χ0v) is 14.9. The lowest BCUT2D eigenvalue weighted by atomic mass is 9.90. The van der Waals surface area contributed by atoms with Gasteiger partial charge in [-0.25, -0.2) is 0 Å². The number of carbonyl (C=O) groups is 1. The van der Waals surface area contributed by atoms with Crippen molar-refractivity contribution in [2.24, 2.45) is 5.92 Å². The third-order valence-corrected chi connectivity index (χ3v) is 5.02. The van der Waals surface area contributed by atoms with Crippen LogP contribution in [-0.2, 0) is 17.6 Å². The molecule has 0 unspecified atom stereocenters. The molecule has 1 fully saturated rings. The van der Waals surface area contributed by atoms with Gasteiger partial charge in [0, 0.05) is 6.54 Å². The molecule has 2 aromatic carbocycles. The fraction of sp³-hybridized carbons (Fsp3) is 0.409. The molecule has 0 aliphatic carbocycles. The third kappa shape index (κ3) is 6.02. The van der Waals surface area contributed by atoms with Gasteiger partial charge in [0.1, 0.15) is 0 Å². The Morgan fingerprint density at radius 3 is 2.16 bits per heavy atom. The highest BCUT2D eigenvalue weighted by atomic mass is 16.2. The van der Waals surface area contributed by atoms with Crippen molar-refractivity contribution in [2.75, 3.05) is 26.2 Å². The van der Waals surface area contributed by atoms with Crippen LogP contribution in [0.5, 0.6) is 0 Å². The number of nitrogens with zero attached hydrogens (tertiary/aromatic N) is 1. The number of carbonyl (C=O) groups excluding carboxylic acids is 1. The third-order valence-electron chi connectivity index (χ3n) is 5.02. The number of hydrogen-bond donors (Lipinski definition) is 1. The maximum Gasteiger partial charge on any atom is 0.234 e. The Bertz CT molecular complexity index is 634. The summed E-state index contributed by atoms with van der Waals surface area (Å²) in [5.74, 6) is 0.900. The van der Waals surface area contributed by atoms with E-state index in [9.17, 15) is 4.79 Å². The molecule has 1 amide bonds. The highest BCUT2D eigenvalue weighted by molar-refractivity contribution is 5.78. The van der Waals surface area contributed by atoms with Gasteiger partial charge in [-0.1, -0.05) is 60.7 Å². The van der Waals surface area contributed by atoms with E-state index in [2.05, 4.69) is 52.7 Å². The van der Waals surface area contributed by atoms with Gasteiger partial charge in [0.15, 0.2) is 0 Å². The summed E-state index contributed by atoms with van der Waals surface area (Å²) in [6.45, 7) is 3.31. The molecular weight excluding hydrogens is 308 g/mol. The van der Waals surface area contributed by atoms with Crippen molar-refractivity contribution in [2.45, 2.75) is 25.7 Å². The molecule has 1 aliphatic rings. The zero-order chi connectivity index (χ0) is 17.3. The molecule has 25 heavy (non-hydrogen) atoms. The molecule has 0 radical (unpaired) electrons. The van der Waals surface area contributed by atoms with Gasteiger partial charge in [-0.05, 0) is 55.8 Å². The zero-order valence-electron chi connectivity index (χ0n) is 14.9. The van der Waals surface area contributed by atoms with Crippen LogP contribution in [0.25, 0.3) is 0 Å². The maximum absolute atomic E-state index is 12.1. The van der Waals surface area contributed by atoms with Crippen LogP contribution in [0, 0.1) is 5.92 Å². The lowest BCUT2D eigenvalue weighted by Crippen LogP contribution is -2.42. The van der Waals surface area contributed by atoms with Crippen molar-refractivity contribution in [1.82, 2.24) is 10.2 Å². The summed E-state index contributed by atoms with van der Waals surface area (Å²) in [5.41, 5.74) is 2.70. The fourth-order valence-electron chi connectivity index (χ4n) is 3.55. The van der Waals surface area contributed by atoms with E-state index in [1.165, 1.54) is 24.0 Å². The van der Waals surface area contributed by atoms with E-state index in [4.69, 9.17) is 0 Å². The molecule has 1 saturated heterocycles. The van der Waals surface area contributed by atoms with E-state index in [0.717, 1.165) is 31.8 Å². The summed E-state index contributed by atoms with van der Waals surface area (Å²) in [6.07, 6.45) is 4.43. The van der Waals surface area contributed by atoms with Crippen LogP contribution in [-0.4, -0.2) is 37.0 Å². The van der Waals surface area contributed by atoms with Crippen LogP contribution in [0.4, 0.5) is 0 Å². The van der Waals surface area contributed by atoms with E-state index < -0.39 is 0 Å². The van der Waals surface area contributed by atoms with Gasteiger partial charge in [0.05, 0.1) is 6.54 Å². The van der Waals surface area contributed by atoms with E-state index in [1.807, 2.05) is 18.2 Å². The first-order valence-corrected chi connectivity index (χ1v) is 9.36. The van der Waals surface area contributed by atoms with Gasteiger partial charge in [0.2, 0.25) is 5.91 Å². The predicted octanol–water partition coefficient (Wildman–Crippen LogP) is 3.30. The van der Waals surface area contributed by atoms with Crippen molar-refractivity contribution < 1.29 is 4.79 Å². The second-order valence-corrected chi connectivity index (χ2v) is 6.99. The Balaban J connectivity index is 1.32. The number of piperidine rings is 1. The summed E-state index contributed by atoms with van der Waals surface area (Å²) in [5, 5.41) is 3.05. The molecular formula is C22H28N2O. The largest absolute Gasteiger partial charge is 0.355 e. The molecule has 1 aliphatic heterocycles. The molecule has 0 bridgehead atoms. The number of benzene rings is 2. The molecule has 0 saturated carbocycles. The summed E-state index contributed by atoms with van der Waals surface area (Å²) in [6, 6.07) is 21.0. The number of rotatable bonds is 7. The fourth-order valence-corrected chi connectivity index (χ4v) is 3.55. The topological polar surface area (TPSA) is 32.3 Å². The molecule has 0 aromatic heterocycles. The minimum atomic E-state index is 0.150. The molecule has 1 heterocycles. The van der Waals surface area contributed by atoms with E-state index in [-0.39, 0.29) is 5.91 Å². The van der Waals surface area contributed by atoms with Gasteiger partial charge < -0.3 is 5.32 Å². The Kier molecular flexibility index (Phi) is 6.63. The SMILES string of the molecule is O=C(CN1CCC(Cc2ccccc2)CC1)NCCc1ccccc1. The number of hydrogen-bond acceptors (Lipinski definition) is 2. The van der Waals surface area contributed by atoms with Crippen molar-refractivity contribution in [3.8, 4) is 0 Å². The van der Waals surface area contributed by atoms with Gasteiger partial charge in [0.25, 0.3) is 0 Å². The Morgan fingerprint density at radius 2 is 1.52 bits per heavy atom. The molecule has 3 nitrogen and oxygen atoms in total. The van der Waals surface area contributed by atoms with Crippen LogP contribution < -0.4 is 5.32 Å². The number of likely N-dealkylation sites (tertiary alicyclic amines) is 1. The van der Waals surface area contributed by atoms with Gasteiger partial charge in [-0.3, -0.25) is 9.69 Å². The summed E-state index contributed by atoms with van der Waals surface area (Å²) in [4.78, 5) is 14.4. The average Bonchev–Trinajstić information content (AvgIpc) is 2.65. The first kappa shape index (κ1) is 17.7. The minimum Gasteiger partial charge on any atom is -0.355 e. The molecule has 1 N–H and O–H groups in total. The van der Waals surface area contributed by atoms with Crippen molar-refractivity contribution in [3.05, 3.63) is 71.8 Å². The smallest absolute Gasteiger partial charge is 0.234 e. The Labute approximate surface area is 151 Å². The van der Waals surface area contributed by atoms with Gasteiger partial charge in [-0.2, -0.15) is 0 Å². The standard InChI is InChI=1S/C22H28N2O/c25-22(23-14-11-19-7-3-1-4-8-19)18-24-15-12-21(13-16-24)17-20-9-5-2-6-10-20/h1-10,21H,11-18H2,(H,23,25). The van der Waals surface area contributed by atoms with Crippen LogP contribution >= 0.6 is 0 Å². The lowest BCUT2D eigenvalue weighted by molar-refractivity contribution is -0.122. The Morgan fingerprint density at radius 1 is 0.920 bits per heavy atom. The van der Waals surface area contributed by atoms with E-state index >= 15 is 0 Å². The summed E-state index contributed by atoms with van der Waals surface area (Å²) in [7, 11) is 0. The normalized spacial score (nSPS) is 15.8. The second-order valence-electron chi connectivity index (χ2n) is 6.99. The predicted molar refractivity (Wildman–Crippen MR) is 102 cm³/mol. The van der Waals surface area contributed by atoms with Gasteiger partial charge >= 0.3 is 0 Å². The molecule has 132 valence electrons. The van der Waals surface area contributed by atoms with Crippen LogP contribution in [0.1, 0.15) is 24.0 Å². The second kappa shape index (κ2) is 9.38. The average molecular weight is 336 g/mol. The molecule has 2 aromatic rings. The van der Waals surface area contributed by atoms with Crippen molar-refractivity contribution in [1.29, 1.82) is 0 Å². The van der Waals surface area contributed by atoms with Crippen LogP contribution in [0.3, 0.4) is 0 Å². The van der Waals surface area contributed by atoms with Crippen molar-refractivity contribution in [3.63, 3.8) is 0 Å². The van der Waals surface area contributed by atoms with Crippen LogP contribution in [0.2, 0.25) is 0 Å². The molecule has 0 atom stereocenters. The highest BCUT2D eigenvalue weighted by Gasteiger charge is 2.20. The first-order valence-electron chi connectivity index (χ1n) is 9.36. The number of amides is 1. The molecule has 3 rings (SSSR count). The van der Waals surface area contributed by atoms with Crippen molar-refractivity contribution >= 4 is 5.91 Å². The highest BCUT2D eigenvalue weighted by Crippen LogP contribution is 2.21. The minimum absolute atomic E-state index is 0.150. The first-order chi connectivity index (χ1) is 12.3. The van der Waals surface area contributed by atoms with Crippen LogP contribution in [0.15, 0.2) is 60.7 Å². The molecule has 0 spiro atoms. The quantitative estimate of drug-likeness (QED) is 0.841. The van der Waals surface area contributed by atoms with E-state index in [0.29, 0.717) is 13.1 Å². The maximum atomic E-state index is 12.1.